The minimum Gasteiger partial charge on any atom is -0.494 e. The number of amides is 2. The quantitative estimate of drug-likeness (QED) is 0.200. The van der Waals surface area contributed by atoms with Crippen LogP contribution in [0.15, 0.2) is 42.5 Å². The zero-order valence-corrected chi connectivity index (χ0v) is 27.8. The molecule has 5 atom stereocenters. The Morgan fingerprint density at radius 1 is 1.00 bits per heavy atom. The van der Waals surface area contributed by atoms with Gasteiger partial charge in [0.1, 0.15) is 17.4 Å². The van der Waals surface area contributed by atoms with E-state index in [4.69, 9.17) is 4.74 Å². The van der Waals surface area contributed by atoms with Gasteiger partial charge in [0.15, 0.2) is 0 Å². The number of piperazine rings is 1. The number of hydrogen-bond acceptors (Lipinski definition) is 7. The number of carbonyl (C=O) groups is 2. The fraction of sp³-hybridized carbons (Fsp3) is 0.600. The van der Waals surface area contributed by atoms with Gasteiger partial charge in [-0.15, -0.1) is 0 Å². The number of aliphatic hydroxyl groups is 3. The third-order valence-electron chi connectivity index (χ3n) is 9.90. The van der Waals surface area contributed by atoms with Crippen molar-refractivity contribution in [3.05, 3.63) is 64.7 Å². The number of hydrogen-bond donors (Lipinski definition) is 5. The molecular formula is C35H51N3O6S. The number of benzene rings is 2. The number of rotatable bonds is 10. The molecule has 2 aromatic rings. The van der Waals surface area contributed by atoms with Crippen LogP contribution in [0.2, 0.25) is 0 Å². The van der Waals surface area contributed by atoms with E-state index in [9.17, 15) is 24.9 Å². The van der Waals surface area contributed by atoms with Gasteiger partial charge in [0.25, 0.3) is 0 Å². The molecule has 5 rings (SSSR count). The summed E-state index contributed by atoms with van der Waals surface area (Å²) in [5.74, 6) is 1.26. The highest BCUT2D eigenvalue weighted by Gasteiger charge is 2.45. The lowest BCUT2D eigenvalue weighted by Crippen LogP contribution is -2.61. The molecule has 0 radical (unpaired) electrons. The standard InChI is InChI=1S/C35H51N3O6S/c1-24-8-11-26(33-32(42)31(41)29(39)23-45(33)3)22-27(24)21-25-9-12-28(13-10-25)44-20-6-7-30(40)36-35(14-4-5-15-35)34(43)38-18-16-37(2)17-19-38/h8-13,22,29,31-33,39,41-42,45H,4-7,14-21,23H2,1-3H3,(H,36,40)/t29-,31-,32-,33+/m1/s1. The minimum absolute atomic E-state index is 0.0837. The molecule has 10 heteroatoms. The van der Waals surface area contributed by atoms with E-state index in [2.05, 4.69) is 42.6 Å². The number of ether oxygens (including phenoxy) is 1. The van der Waals surface area contributed by atoms with Crippen LogP contribution in [0.5, 0.6) is 5.75 Å². The van der Waals surface area contributed by atoms with Crippen molar-refractivity contribution in [3.8, 4) is 5.75 Å². The minimum atomic E-state index is -1.12. The van der Waals surface area contributed by atoms with Gasteiger partial charge in [-0.25, -0.2) is 10.9 Å². The van der Waals surface area contributed by atoms with Gasteiger partial charge in [0, 0.05) is 43.6 Å². The van der Waals surface area contributed by atoms with Crippen LogP contribution in [-0.4, -0.2) is 113 Å². The van der Waals surface area contributed by atoms with E-state index in [1.807, 2.05) is 35.2 Å². The Kier molecular flexibility index (Phi) is 11.1. The second-order valence-electron chi connectivity index (χ2n) is 13.3. The lowest BCUT2D eigenvalue weighted by molar-refractivity contribution is -0.143. The van der Waals surface area contributed by atoms with E-state index in [0.29, 0.717) is 51.1 Å². The van der Waals surface area contributed by atoms with E-state index in [1.54, 1.807) is 0 Å². The van der Waals surface area contributed by atoms with Crippen molar-refractivity contribution in [1.82, 2.24) is 15.1 Å². The molecule has 2 heterocycles. The molecule has 1 aliphatic carbocycles. The molecule has 2 saturated heterocycles. The summed E-state index contributed by atoms with van der Waals surface area (Å²) in [6, 6.07) is 14.2. The van der Waals surface area contributed by atoms with Gasteiger partial charge in [-0.1, -0.05) is 43.2 Å². The molecule has 4 N–H and O–H groups in total. The Bertz CT molecular complexity index is 1310. The Morgan fingerprint density at radius 3 is 2.38 bits per heavy atom. The second kappa shape index (κ2) is 14.9. The van der Waals surface area contributed by atoms with E-state index < -0.39 is 34.7 Å². The van der Waals surface area contributed by atoms with Crippen molar-refractivity contribution < 1.29 is 29.6 Å². The van der Waals surface area contributed by atoms with Crippen molar-refractivity contribution in [3.63, 3.8) is 0 Å². The Balaban J connectivity index is 1.10. The zero-order valence-electron chi connectivity index (χ0n) is 27.0. The van der Waals surface area contributed by atoms with Crippen LogP contribution in [0.25, 0.3) is 0 Å². The van der Waals surface area contributed by atoms with Crippen molar-refractivity contribution in [2.24, 2.45) is 0 Å². The van der Waals surface area contributed by atoms with Crippen LogP contribution in [0.3, 0.4) is 0 Å². The number of carbonyl (C=O) groups excluding carboxylic acids is 2. The van der Waals surface area contributed by atoms with Crippen molar-refractivity contribution in [2.45, 2.75) is 81.0 Å². The zero-order chi connectivity index (χ0) is 32.1. The van der Waals surface area contributed by atoms with Gasteiger partial charge in [-0.3, -0.25) is 9.59 Å². The van der Waals surface area contributed by atoms with Crippen molar-refractivity contribution in [2.75, 3.05) is 51.8 Å². The van der Waals surface area contributed by atoms with E-state index in [-0.39, 0.29) is 17.1 Å². The average molecular weight is 642 g/mol. The summed E-state index contributed by atoms with van der Waals surface area (Å²) in [5.41, 5.74) is 3.71. The molecule has 2 aromatic carbocycles. The van der Waals surface area contributed by atoms with E-state index >= 15 is 0 Å². The highest BCUT2D eigenvalue weighted by molar-refractivity contribution is 8.16. The highest BCUT2D eigenvalue weighted by atomic mass is 32.2. The first-order valence-electron chi connectivity index (χ1n) is 16.4. The molecule has 1 unspecified atom stereocenters. The summed E-state index contributed by atoms with van der Waals surface area (Å²) in [6.07, 6.45) is 4.06. The molecule has 45 heavy (non-hydrogen) atoms. The molecule has 0 bridgehead atoms. The van der Waals surface area contributed by atoms with Crippen molar-refractivity contribution >= 4 is 22.7 Å². The maximum atomic E-state index is 13.4. The van der Waals surface area contributed by atoms with Gasteiger partial charge in [0.2, 0.25) is 11.8 Å². The highest BCUT2D eigenvalue weighted by Crippen LogP contribution is 2.48. The number of aryl methyl sites for hydroxylation is 1. The summed E-state index contributed by atoms with van der Waals surface area (Å²) in [4.78, 5) is 30.5. The maximum Gasteiger partial charge on any atom is 0.248 e. The maximum absolute atomic E-state index is 13.4. The fourth-order valence-corrected chi connectivity index (χ4v) is 9.47. The third kappa shape index (κ3) is 8.03. The number of likely N-dealkylation sites (N-methyl/N-ethyl adjacent to an activating group) is 1. The molecule has 3 aliphatic rings. The molecule has 1 saturated carbocycles. The van der Waals surface area contributed by atoms with Gasteiger partial charge in [-0.2, -0.15) is 0 Å². The number of aliphatic hydroxyl groups excluding tert-OH is 3. The van der Waals surface area contributed by atoms with Crippen LogP contribution in [0, 0.1) is 6.92 Å². The molecule has 3 fully saturated rings. The number of nitrogens with zero attached hydrogens (tertiary/aromatic N) is 2. The van der Waals surface area contributed by atoms with E-state index in [1.165, 1.54) is 0 Å². The molecule has 2 amide bonds. The van der Waals surface area contributed by atoms with Crippen LogP contribution < -0.4 is 10.1 Å². The monoisotopic (exact) mass is 641 g/mol. The molecular weight excluding hydrogens is 590 g/mol. The van der Waals surface area contributed by atoms with Crippen molar-refractivity contribution in [1.29, 1.82) is 0 Å². The van der Waals surface area contributed by atoms with Crippen LogP contribution in [0.4, 0.5) is 0 Å². The first kappa shape index (κ1) is 33.7. The summed E-state index contributed by atoms with van der Waals surface area (Å²) in [5, 5.41) is 34.1. The normalized spacial score (nSPS) is 27.7. The fourth-order valence-electron chi connectivity index (χ4n) is 7.07. The molecule has 248 valence electrons. The summed E-state index contributed by atoms with van der Waals surface area (Å²) >= 11 is 0. The van der Waals surface area contributed by atoms with Gasteiger partial charge >= 0.3 is 0 Å². The average Bonchev–Trinajstić information content (AvgIpc) is 3.50. The Labute approximate surface area is 270 Å². The Morgan fingerprint density at radius 2 is 1.69 bits per heavy atom. The second-order valence-corrected chi connectivity index (χ2v) is 15.8. The summed E-state index contributed by atoms with van der Waals surface area (Å²) in [7, 11) is 1.40. The summed E-state index contributed by atoms with van der Waals surface area (Å²) in [6.45, 7) is 5.65. The SMILES string of the molecule is Cc1ccc([C@H]2[C@H](O)[C@H](O)[C@H](O)C[SH]2C)cc1Cc1ccc(OCCCC(=O)NC2(C(=O)N3CCN(C)CC3)CCCC2)cc1. The topological polar surface area (TPSA) is 123 Å². The lowest BCUT2D eigenvalue weighted by Gasteiger charge is -2.42. The molecule has 9 nitrogen and oxygen atoms in total. The molecule has 2 aliphatic heterocycles. The predicted molar refractivity (Wildman–Crippen MR) is 179 cm³/mol. The van der Waals surface area contributed by atoms with Crippen LogP contribution in [-0.2, 0) is 16.0 Å². The summed E-state index contributed by atoms with van der Waals surface area (Å²) < 4.78 is 5.94. The van der Waals surface area contributed by atoms with Crippen LogP contribution in [0.1, 0.15) is 66.0 Å². The van der Waals surface area contributed by atoms with Crippen LogP contribution >= 0.6 is 10.9 Å². The smallest absolute Gasteiger partial charge is 0.248 e. The number of thiol groups is 1. The largest absolute Gasteiger partial charge is 0.494 e. The predicted octanol–water partition coefficient (Wildman–Crippen LogP) is 2.72. The third-order valence-corrected chi connectivity index (χ3v) is 12.4. The first-order chi connectivity index (χ1) is 21.6. The molecule has 0 aromatic heterocycles. The van der Waals surface area contributed by atoms with Gasteiger partial charge in [-0.05, 0) is 80.3 Å². The first-order valence-corrected chi connectivity index (χ1v) is 18.5. The number of nitrogens with one attached hydrogen (secondary N) is 1. The van der Waals surface area contributed by atoms with Gasteiger partial charge in [0.05, 0.1) is 18.8 Å². The van der Waals surface area contributed by atoms with E-state index in [0.717, 1.165) is 60.4 Å². The molecule has 0 spiro atoms. The Hall–Kier alpha value is -2.63. The lowest BCUT2D eigenvalue weighted by atomic mass is 9.94. The van der Waals surface area contributed by atoms with Gasteiger partial charge < -0.3 is 35.2 Å².